The molecule has 46 heavy (non-hydrogen) atoms. The van der Waals surface area contributed by atoms with Crippen LogP contribution in [0.15, 0.2) is 47.7 Å². The summed E-state index contributed by atoms with van der Waals surface area (Å²) in [5.74, 6) is -1.91. The van der Waals surface area contributed by atoms with Crippen LogP contribution in [0.3, 0.4) is 0 Å². The molecule has 1 amide bonds. The number of amides is 1. The molecule has 11 nitrogen and oxygen atoms in total. The number of halogens is 3. The van der Waals surface area contributed by atoms with Crippen LogP contribution in [0, 0.1) is 19.8 Å². The number of aliphatic carboxylic acids is 1. The van der Waals surface area contributed by atoms with Gasteiger partial charge >= 0.3 is 12.1 Å². The zero-order valence-electron chi connectivity index (χ0n) is 26.6. The SMILES string of the molecule is Cc1cccc(C)c1-c1cc([C@@H](CC(=O)O)NC(=O)[C@H](CC(C)C)n2cc(CCN(C)C)c(C(F)(F)F)cc2=O)n2ncnc2n1. The van der Waals surface area contributed by atoms with Gasteiger partial charge in [-0.3, -0.25) is 14.4 Å². The molecule has 0 saturated carbocycles. The molecule has 1 aromatic carbocycles. The predicted molar refractivity (Wildman–Crippen MR) is 165 cm³/mol. The Bertz CT molecular complexity index is 1780. The lowest BCUT2D eigenvalue weighted by atomic mass is 9.97. The number of fused-ring (bicyclic) bond motifs is 1. The van der Waals surface area contributed by atoms with E-state index >= 15 is 0 Å². The summed E-state index contributed by atoms with van der Waals surface area (Å²) < 4.78 is 44.1. The van der Waals surface area contributed by atoms with Crippen LogP contribution < -0.4 is 10.9 Å². The van der Waals surface area contributed by atoms with Crippen LogP contribution in [-0.2, 0) is 22.2 Å². The number of carboxylic acid groups (broad SMARTS) is 1. The van der Waals surface area contributed by atoms with Crippen LogP contribution >= 0.6 is 0 Å². The van der Waals surface area contributed by atoms with Gasteiger partial charge in [0.15, 0.2) is 0 Å². The summed E-state index contributed by atoms with van der Waals surface area (Å²) in [5, 5.41) is 16.9. The molecule has 0 unspecified atom stereocenters. The van der Waals surface area contributed by atoms with Crippen LogP contribution in [0.5, 0.6) is 0 Å². The van der Waals surface area contributed by atoms with Crippen LogP contribution in [-0.4, -0.2) is 66.7 Å². The Hall–Kier alpha value is -4.59. The molecule has 0 spiro atoms. The van der Waals surface area contributed by atoms with Gasteiger partial charge in [-0.25, -0.2) is 4.98 Å². The number of nitrogens with zero attached hydrogens (tertiary/aromatic N) is 6. The van der Waals surface area contributed by atoms with Crippen molar-refractivity contribution in [1.82, 2.24) is 34.4 Å². The van der Waals surface area contributed by atoms with E-state index in [1.54, 1.807) is 25.1 Å². The third-order valence-corrected chi connectivity index (χ3v) is 7.70. The molecule has 0 aliphatic heterocycles. The molecule has 2 atom stereocenters. The normalized spacial score (nSPS) is 13.4. The molecule has 0 saturated heterocycles. The van der Waals surface area contributed by atoms with Gasteiger partial charge in [0, 0.05) is 24.4 Å². The molecule has 14 heteroatoms. The van der Waals surface area contributed by atoms with E-state index in [1.165, 1.54) is 10.8 Å². The van der Waals surface area contributed by atoms with Crippen molar-refractivity contribution in [3.63, 3.8) is 0 Å². The second-order valence-corrected chi connectivity index (χ2v) is 12.1. The van der Waals surface area contributed by atoms with Crippen molar-refractivity contribution in [2.45, 2.75) is 65.2 Å². The lowest BCUT2D eigenvalue weighted by Crippen LogP contribution is -2.41. The Morgan fingerprint density at radius 1 is 1.11 bits per heavy atom. The minimum Gasteiger partial charge on any atom is -0.481 e. The molecule has 0 aliphatic carbocycles. The number of pyridine rings is 1. The van der Waals surface area contributed by atoms with E-state index in [0.29, 0.717) is 11.8 Å². The second-order valence-electron chi connectivity index (χ2n) is 12.1. The zero-order valence-corrected chi connectivity index (χ0v) is 26.6. The van der Waals surface area contributed by atoms with Crippen molar-refractivity contribution in [2.24, 2.45) is 5.92 Å². The van der Waals surface area contributed by atoms with Gasteiger partial charge in [-0.1, -0.05) is 32.0 Å². The van der Waals surface area contributed by atoms with Crippen molar-refractivity contribution < 1.29 is 27.9 Å². The summed E-state index contributed by atoms with van der Waals surface area (Å²) in [7, 11) is 3.44. The maximum absolute atomic E-state index is 14.0. The highest BCUT2D eigenvalue weighted by Crippen LogP contribution is 2.33. The molecule has 3 heterocycles. The third kappa shape index (κ3) is 7.79. The summed E-state index contributed by atoms with van der Waals surface area (Å²) in [6, 6.07) is 5.52. The molecule has 0 aliphatic rings. The molecule has 246 valence electrons. The highest BCUT2D eigenvalue weighted by molar-refractivity contribution is 5.82. The summed E-state index contributed by atoms with van der Waals surface area (Å²) >= 11 is 0. The van der Waals surface area contributed by atoms with Crippen molar-refractivity contribution in [3.05, 3.63) is 81.2 Å². The summed E-state index contributed by atoms with van der Waals surface area (Å²) in [6.45, 7) is 7.74. The quantitative estimate of drug-likeness (QED) is 0.229. The summed E-state index contributed by atoms with van der Waals surface area (Å²) in [5.41, 5.74) is 1.28. The minimum atomic E-state index is -4.76. The Labute approximate surface area is 264 Å². The molecule has 0 radical (unpaired) electrons. The number of likely N-dealkylation sites (N-methyl/N-ethyl adjacent to an activating group) is 1. The number of carboxylic acids is 1. The Balaban J connectivity index is 1.82. The van der Waals surface area contributed by atoms with Crippen LogP contribution in [0.1, 0.15) is 66.7 Å². The monoisotopic (exact) mass is 641 g/mol. The van der Waals surface area contributed by atoms with Gasteiger partial charge in [0.25, 0.3) is 11.3 Å². The number of rotatable bonds is 12. The van der Waals surface area contributed by atoms with Gasteiger partial charge in [-0.05, 0) is 69.5 Å². The number of alkyl halides is 3. The molecule has 0 fully saturated rings. The second kappa shape index (κ2) is 13.8. The first kappa shape index (κ1) is 34.3. The van der Waals surface area contributed by atoms with Crippen LogP contribution in [0.2, 0.25) is 0 Å². The zero-order chi connectivity index (χ0) is 33.9. The number of carbonyl (C=O) groups excluding carboxylic acids is 1. The fourth-order valence-electron chi connectivity index (χ4n) is 5.54. The number of benzene rings is 1. The third-order valence-electron chi connectivity index (χ3n) is 7.70. The average molecular weight is 642 g/mol. The lowest BCUT2D eigenvalue weighted by molar-refractivity contribution is -0.139. The highest BCUT2D eigenvalue weighted by Gasteiger charge is 2.36. The van der Waals surface area contributed by atoms with Gasteiger partial charge in [0.1, 0.15) is 12.4 Å². The average Bonchev–Trinajstić information content (AvgIpc) is 3.42. The van der Waals surface area contributed by atoms with E-state index in [-0.39, 0.29) is 42.3 Å². The lowest BCUT2D eigenvalue weighted by Gasteiger charge is -2.26. The topological polar surface area (TPSA) is 135 Å². The summed E-state index contributed by atoms with van der Waals surface area (Å²) in [6.07, 6.45) is -2.86. The number of hydrogen-bond donors (Lipinski definition) is 2. The Morgan fingerprint density at radius 3 is 2.37 bits per heavy atom. The van der Waals surface area contributed by atoms with Crippen LogP contribution in [0.4, 0.5) is 13.2 Å². The fourth-order valence-corrected chi connectivity index (χ4v) is 5.54. The van der Waals surface area contributed by atoms with Crippen molar-refractivity contribution >= 4 is 17.7 Å². The smallest absolute Gasteiger partial charge is 0.416 e. The van der Waals surface area contributed by atoms with Gasteiger partial charge < -0.3 is 19.9 Å². The van der Waals surface area contributed by atoms with Crippen LogP contribution in [0.25, 0.3) is 17.0 Å². The standard InChI is InChI=1S/C32H38F3N7O4/c1-18(2)12-26(41-16-21(10-11-40(5)6)22(13-27(41)43)32(33,34)35)30(46)38-23(15-28(44)45)25-14-24(39-31-36-17-37-42(25)31)29-19(3)8-7-9-20(29)4/h7-9,13-14,16-18,23,26H,10-12,15H2,1-6H3,(H,38,46)(H,44,45)/t23-,26+/m1/s1. The van der Waals surface area contributed by atoms with Crippen molar-refractivity contribution in [1.29, 1.82) is 0 Å². The summed E-state index contributed by atoms with van der Waals surface area (Å²) in [4.78, 5) is 49.9. The fraction of sp³-hybridized carbons (Fsp3) is 0.438. The first-order valence-corrected chi connectivity index (χ1v) is 14.8. The molecule has 4 aromatic rings. The first-order chi connectivity index (χ1) is 21.6. The van der Waals surface area contributed by atoms with Crippen molar-refractivity contribution in [3.8, 4) is 11.3 Å². The molecule has 4 rings (SSSR count). The van der Waals surface area contributed by atoms with E-state index in [2.05, 4.69) is 20.4 Å². The van der Waals surface area contributed by atoms with E-state index in [1.807, 2.05) is 45.9 Å². The molecular weight excluding hydrogens is 603 g/mol. The molecular formula is C32H38F3N7O4. The maximum atomic E-state index is 14.0. The number of aromatic nitrogens is 5. The first-order valence-electron chi connectivity index (χ1n) is 14.8. The molecule has 0 bridgehead atoms. The van der Waals surface area contributed by atoms with E-state index in [0.717, 1.165) is 27.5 Å². The van der Waals surface area contributed by atoms with E-state index < -0.39 is 47.7 Å². The number of hydrogen-bond acceptors (Lipinski definition) is 7. The number of aryl methyl sites for hydroxylation is 2. The number of carbonyl (C=O) groups is 2. The van der Waals surface area contributed by atoms with Gasteiger partial charge in [-0.2, -0.15) is 27.8 Å². The molecule has 2 N–H and O–H groups in total. The highest BCUT2D eigenvalue weighted by atomic mass is 19.4. The Morgan fingerprint density at radius 2 is 1.78 bits per heavy atom. The maximum Gasteiger partial charge on any atom is 0.416 e. The van der Waals surface area contributed by atoms with E-state index in [4.69, 9.17) is 0 Å². The van der Waals surface area contributed by atoms with Crippen molar-refractivity contribution in [2.75, 3.05) is 20.6 Å². The largest absolute Gasteiger partial charge is 0.481 e. The Kier molecular flexibility index (Phi) is 10.3. The van der Waals surface area contributed by atoms with E-state index in [9.17, 15) is 32.7 Å². The van der Waals surface area contributed by atoms with Gasteiger partial charge in [0.05, 0.1) is 29.4 Å². The predicted octanol–water partition coefficient (Wildman–Crippen LogP) is 4.61. The molecule has 3 aromatic heterocycles. The van der Waals surface area contributed by atoms with Gasteiger partial charge in [-0.15, -0.1) is 0 Å². The minimum absolute atomic E-state index is 0.0117. The number of nitrogens with one attached hydrogen (secondary N) is 1. The van der Waals surface area contributed by atoms with Gasteiger partial charge in [0.2, 0.25) is 5.91 Å².